The minimum atomic E-state index is -3.52. The second kappa shape index (κ2) is 7.03. The molecule has 1 unspecified atom stereocenters. The van der Waals surface area contributed by atoms with Crippen LogP contribution in [0.25, 0.3) is 0 Å². The van der Waals surface area contributed by atoms with Gasteiger partial charge in [-0.05, 0) is 19.8 Å². The first-order valence-corrected chi connectivity index (χ1v) is 10.2. The van der Waals surface area contributed by atoms with E-state index in [1.165, 1.54) is 0 Å². The molecule has 0 radical (unpaired) electrons. The molecule has 0 bridgehead atoms. The fraction of sp³-hybridized carbons (Fsp3) is 0.909. The molecule has 1 amide bonds. The first kappa shape index (κ1) is 20.3. The molecule has 1 atom stereocenters. The predicted octanol–water partition coefficient (Wildman–Crippen LogP) is -0.996. The SMILES string of the molecule is CC(C)C(NS(C)(=O)=O)C(=O)NCC(C)(C)NS(C)(=O)=O. The van der Waals surface area contributed by atoms with Gasteiger partial charge in [0.15, 0.2) is 0 Å². The molecule has 0 heterocycles. The molecule has 0 saturated carbocycles. The first-order valence-electron chi connectivity index (χ1n) is 6.37. The van der Waals surface area contributed by atoms with Crippen LogP contribution in [0.15, 0.2) is 0 Å². The van der Waals surface area contributed by atoms with Crippen LogP contribution >= 0.6 is 0 Å². The third-order valence-electron chi connectivity index (χ3n) is 2.46. The molecule has 10 heteroatoms. The van der Waals surface area contributed by atoms with Crippen molar-refractivity contribution >= 4 is 26.0 Å². The molecule has 126 valence electrons. The lowest BCUT2D eigenvalue weighted by Gasteiger charge is -2.27. The average molecular weight is 343 g/mol. The van der Waals surface area contributed by atoms with Crippen LogP contribution in [0.3, 0.4) is 0 Å². The van der Waals surface area contributed by atoms with Gasteiger partial charge in [0.2, 0.25) is 26.0 Å². The molecule has 0 aliphatic heterocycles. The van der Waals surface area contributed by atoms with Crippen LogP contribution < -0.4 is 14.8 Å². The zero-order valence-corrected chi connectivity index (χ0v) is 14.9. The number of hydrogen-bond donors (Lipinski definition) is 3. The second-order valence-corrected chi connectivity index (χ2v) is 9.62. The Morgan fingerprint density at radius 2 is 1.52 bits per heavy atom. The number of sulfonamides is 2. The molecule has 0 aromatic rings. The molecule has 0 aromatic carbocycles. The van der Waals surface area contributed by atoms with Gasteiger partial charge in [0.05, 0.1) is 12.5 Å². The van der Waals surface area contributed by atoms with Gasteiger partial charge in [-0.25, -0.2) is 26.3 Å². The first-order chi connectivity index (χ1) is 9.13. The van der Waals surface area contributed by atoms with Crippen LogP contribution in [0.1, 0.15) is 27.7 Å². The zero-order chi connectivity index (χ0) is 17.1. The van der Waals surface area contributed by atoms with Crippen LogP contribution in [-0.4, -0.2) is 53.4 Å². The van der Waals surface area contributed by atoms with Crippen LogP contribution in [0, 0.1) is 5.92 Å². The van der Waals surface area contributed by atoms with Gasteiger partial charge in [-0.3, -0.25) is 4.79 Å². The maximum Gasteiger partial charge on any atom is 0.238 e. The highest BCUT2D eigenvalue weighted by molar-refractivity contribution is 7.89. The summed E-state index contributed by atoms with van der Waals surface area (Å²) in [4.78, 5) is 12.1. The van der Waals surface area contributed by atoms with Crippen molar-refractivity contribution in [2.45, 2.75) is 39.3 Å². The van der Waals surface area contributed by atoms with E-state index in [0.29, 0.717) is 0 Å². The smallest absolute Gasteiger partial charge is 0.238 e. The number of carbonyl (C=O) groups is 1. The molecule has 0 fully saturated rings. The Morgan fingerprint density at radius 3 is 1.86 bits per heavy atom. The number of carbonyl (C=O) groups excluding carboxylic acids is 1. The summed E-state index contributed by atoms with van der Waals surface area (Å²) in [5, 5.41) is 2.56. The Morgan fingerprint density at radius 1 is 1.05 bits per heavy atom. The van der Waals surface area contributed by atoms with Crippen molar-refractivity contribution in [1.29, 1.82) is 0 Å². The quantitative estimate of drug-likeness (QED) is 0.522. The van der Waals surface area contributed by atoms with Crippen LogP contribution in [0.4, 0.5) is 0 Å². The Kier molecular flexibility index (Phi) is 6.80. The van der Waals surface area contributed by atoms with Gasteiger partial charge in [0.25, 0.3) is 0 Å². The summed E-state index contributed by atoms with van der Waals surface area (Å²) >= 11 is 0. The van der Waals surface area contributed by atoms with Crippen molar-refractivity contribution in [2.24, 2.45) is 5.92 Å². The van der Waals surface area contributed by atoms with Crippen molar-refractivity contribution in [3.63, 3.8) is 0 Å². The maximum atomic E-state index is 12.1. The van der Waals surface area contributed by atoms with Gasteiger partial charge in [-0.2, -0.15) is 0 Å². The summed E-state index contributed by atoms with van der Waals surface area (Å²) < 4.78 is 49.6. The molecule has 0 aliphatic carbocycles. The molecule has 0 saturated heterocycles. The fourth-order valence-corrected chi connectivity index (χ4v) is 3.60. The van der Waals surface area contributed by atoms with E-state index in [1.807, 2.05) is 0 Å². The van der Waals surface area contributed by atoms with E-state index in [0.717, 1.165) is 12.5 Å². The predicted molar refractivity (Wildman–Crippen MR) is 81.7 cm³/mol. The number of rotatable bonds is 8. The third kappa shape index (κ3) is 9.77. The summed E-state index contributed by atoms with van der Waals surface area (Å²) in [6.45, 7) is 6.68. The molecule has 0 aromatic heterocycles. The Bertz CT molecular complexity index is 567. The number of amides is 1. The summed E-state index contributed by atoms with van der Waals surface area (Å²) in [5.74, 6) is -0.746. The monoisotopic (exact) mass is 343 g/mol. The maximum absolute atomic E-state index is 12.1. The highest BCUT2D eigenvalue weighted by atomic mass is 32.2. The topological polar surface area (TPSA) is 121 Å². The highest BCUT2D eigenvalue weighted by Crippen LogP contribution is 2.06. The second-order valence-electron chi connectivity index (χ2n) is 6.09. The molecule has 0 spiro atoms. The van der Waals surface area contributed by atoms with Gasteiger partial charge >= 0.3 is 0 Å². The number of hydrogen-bond acceptors (Lipinski definition) is 5. The van der Waals surface area contributed by atoms with Gasteiger partial charge < -0.3 is 5.32 Å². The van der Waals surface area contributed by atoms with Crippen LogP contribution in [-0.2, 0) is 24.8 Å². The molecular formula is C11H25N3O5S2. The minimum Gasteiger partial charge on any atom is -0.353 e. The lowest BCUT2D eigenvalue weighted by molar-refractivity contribution is -0.123. The van der Waals surface area contributed by atoms with Gasteiger partial charge in [0.1, 0.15) is 6.04 Å². The van der Waals surface area contributed by atoms with E-state index in [4.69, 9.17) is 0 Å². The molecule has 0 aliphatic rings. The zero-order valence-electron chi connectivity index (χ0n) is 13.2. The molecule has 0 rings (SSSR count). The van der Waals surface area contributed by atoms with Crippen molar-refractivity contribution in [1.82, 2.24) is 14.8 Å². The highest BCUT2D eigenvalue weighted by Gasteiger charge is 2.28. The molecule has 8 nitrogen and oxygen atoms in total. The van der Waals surface area contributed by atoms with Crippen molar-refractivity contribution in [3.8, 4) is 0 Å². The normalized spacial score (nSPS) is 15.0. The van der Waals surface area contributed by atoms with E-state index >= 15 is 0 Å². The van der Waals surface area contributed by atoms with Gasteiger partial charge in [-0.1, -0.05) is 13.8 Å². The summed E-state index contributed by atoms with van der Waals surface area (Å²) in [6.07, 6.45) is 2.00. The largest absolute Gasteiger partial charge is 0.353 e. The van der Waals surface area contributed by atoms with Crippen LogP contribution in [0.2, 0.25) is 0 Å². The molecule has 3 N–H and O–H groups in total. The standard InChI is InChI=1S/C11H25N3O5S2/c1-8(2)9(13-20(5,16)17)10(15)12-7-11(3,4)14-21(6,18)19/h8-9,13-14H,7H2,1-6H3,(H,12,15). The molecule has 21 heavy (non-hydrogen) atoms. The van der Waals surface area contributed by atoms with E-state index < -0.39 is 37.5 Å². The van der Waals surface area contributed by atoms with E-state index in [1.54, 1.807) is 27.7 Å². The summed E-state index contributed by atoms with van der Waals surface area (Å²) in [5.41, 5.74) is -0.879. The third-order valence-corrected chi connectivity index (χ3v) is 4.06. The van der Waals surface area contributed by atoms with Crippen LogP contribution in [0.5, 0.6) is 0 Å². The van der Waals surface area contributed by atoms with Crippen molar-refractivity contribution in [2.75, 3.05) is 19.1 Å². The summed E-state index contributed by atoms with van der Waals surface area (Å²) in [6, 6.07) is -0.908. The Hall–Kier alpha value is -0.710. The van der Waals surface area contributed by atoms with E-state index in [9.17, 15) is 21.6 Å². The fourth-order valence-electron chi connectivity index (χ4n) is 1.68. The molecular weight excluding hydrogens is 318 g/mol. The minimum absolute atomic E-state index is 0.0353. The van der Waals surface area contributed by atoms with Crippen molar-refractivity contribution < 1.29 is 21.6 Å². The average Bonchev–Trinajstić information content (AvgIpc) is 2.17. The van der Waals surface area contributed by atoms with Crippen molar-refractivity contribution in [3.05, 3.63) is 0 Å². The Balaban J connectivity index is 4.79. The van der Waals surface area contributed by atoms with Gasteiger partial charge in [0, 0.05) is 12.1 Å². The van der Waals surface area contributed by atoms with Gasteiger partial charge in [-0.15, -0.1) is 0 Å². The lowest BCUT2D eigenvalue weighted by atomic mass is 10.0. The van der Waals surface area contributed by atoms with E-state index in [-0.39, 0.29) is 12.5 Å². The number of nitrogens with one attached hydrogen (secondary N) is 3. The lowest BCUT2D eigenvalue weighted by Crippen LogP contribution is -2.55. The summed E-state index contributed by atoms with van der Waals surface area (Å²) in [7, 11) is -6.93. The Labute approximate surface area is 127 Å². The van der Waals surface area contributed by atoms with E-state index in [2.05, 4.69) is 14.8 Å².